The van der Waals surface area contributed by atoms with Crippen LogP contribution in [0, 0.1) is 16.0 Å². The van der Waals surface area contributed by atoms with Gasteiger partial charge < -0.3 is 23.9 Å². The molecule has 41 heavy (non-hydrogen) atoms. The van der Waals surface area contributed by atoms with E-state index in [4.69, 9.17) is 14.2 Å². The number of nitro groups is 1. The lowest BCUT2D eigenvalue weighted by Crippen LogP contribution is -2.53. The number of hydrogen-bond acceptors (Lipinski definition) is 10. The van der Waals surface area contributed by atoms with Crippen molar-refractivity contribution < 1.29 is 41.9 Å². The predicted octanol–water partition coefficient (Wildman–Crippen LogP) is 1.46. The Hall–Kier alpha value is -4.14. The third-order valence-corrected chi connectivity index (χ3v) is 9.73. The third kappa shape index (κ3) is 4.47. The molecular formula is C27H27N3O10S. The lowest BCUT2D eigenvalue weighted by Gasteiger charge is -2.35. The van der Waals surface area contributed by atoms with Gasteiger partial charge in [0.15, 0.2) is 10.9 Å². The average Bonchev–Trinajstić information content (AvgIpc) is 3.41. The van der Waals surface area contributed by atoms with Crippen molar-refractivity contribution in [2.45, 2.75) is 41.6 Å². The number of para-hydroxylation sites is 1. The van der Waals surface area contributed by atoms with Crippen LogP contribution in [0.4, 0.5) is 5.69 Å². The molecule has 2 saturated heterocycles. The number of fused-ring (bicyclic) bond motifs is 3. The van der Waals surface area contributed by atoms with Crippen molar-refractivity contribution in [1.29, 1.82) is 0 Å². The Kier molecular flexibility index (Phi) is 7.40. The normalized spacial score (nSPS) is 27.3. The first-order chi connectivity index (χ1) is 19.6. The number of nitro benzene ring substituents is 1. The summed E-state index contributed by atoms with van der Waals surface area (Å²) in [5.74, 6) is -2.14. The van der Waals surface area contributed by atoms with Gasteiger partial charge in [0.25, 0.3) is 15.7 Å². The van der Waals surface area contributed by atoms with Crippen molar-refractivity contribution in [2.75, 3.05) is 20.8 Å². The van der Waals surface area contributed by atoms with Gasteiger partial charge in [-0.3, -0.25) is 14.9 Å². The number of nitrogens with zero attached hydrogens (tertiary/aromatic N) is 3. The molecule has 216 valence electrons. The lowest BCUT2D eigenvalue weighted by molar-refractivity contribution is -0.387. The van der Waals surface area contributed by atoms with E-state index in [1.165, 1.54) is 30.2 Å². The number of likely N-dealkylation sites (tertiary alicyclic amines) is 1. The quantitative estimate of drug-likeness (QED) is 0.138. The van der Waals surface area contributed by atoms with E-state index in [0.29, 0.717) is 17.6 Å². The number of benzene rings is 2. The van der Waals surface area contributed by atoms with Gasteiger partial charge in [0.2, 0.25) is 5.91 Å². The Morgan fingerprint density at radius 1 is 1.20 bits per heavy atom. The van der Waals surface area contributed by atoms with Crippen molar-refractivity contribution >= 4 is 33.9 Å². The summed E-state index contributed by atoms with van der Waals surface area (Å²) in [5, 5.41) is 11.7. The monoisotopic (exact) mass is 585 g/mol. The SMILES string of the molecule is COC(=O)[C@H]1N(Cc2ccc(OC)cc2)C(=O)[C@@H]2[C@@H]3[C@@H](C=CCN3S(=O)(=O)c3ccccc3[N+](=O)[O-])O[C@@]21CC=O. The molecule has 0 aromatic heterocycles. The molecule has 2 aromatic carbocycles. The van der Waals surface area contributed by atoms with Crippen LogP contribution in [-0.2, 0) is 40.4 Å². The second-order valence-corrected chi connectivity index (χ2v) is 11.7. The van der Waals surface area contributed by atoms with Gasteiger partial charge in [-0.1, -0.05) is 36.4 Å². The number of methoxy groups -OCH3 is 2. The van der Waals surface area contributed by atoms with Crippen LogP contribution >= 0.6 is 0 Å². The largest absolute Gasteiger partial charge is 0.497 e. The molecule has 0 saturated carbocycles. The number of rotatable bonds is 9. The third-order valence-electron chi connectivity index (χ3n) is 7.81. The molecule has 3 aliphatic heterocycles. The van der Waals surface area contributed by atoms with Crippen LogP contribution in [0.5, 0.6) is 5.75 Å². The second-order valence-electron chi connectivity index (χ2n) is 9.84. The molecule has 0 spiro atoms. The molecule has 0 N–H and O–H groups in total. The number of hydrogen-bond donors (Lipinski definition) is 0. The summed E-state index contributed by atoms with van der Waals surface area (Å²) < 4.78 is 45.4. The number of esters is 1. The summed E-state index contributed by atoms with van der Waals surface area (Å²) in [6.07, 6.45) is 2.20. The molecule has 14 heteroatoms. The molecule has 0 aliphatic carbocycles. The van der Waals surface area contributed by atoms with Gasteiger partial charge in [0.05, 0.1) is 37.2 Å². The molecule has 2 fully saturated rings. The van der Waals surface area contributed by atoms with E-state index in [0.717, 1.165) is 23.5 Å². The molecule has 1 amide bonds. The van der Waals surface area contributed by atoms with Crippen molar-refractivity contribution in [2.24, 2.45) is 5.92 Å². The lowest BCUT2D eigenvalue weighted by atomic mass is 9.79. The van der Waals surface area contributed by atoms with Gasteiger partial charge in [-0.25, -0.2) is 13.2 Å². The summed E-state index contributed by atoms with van der Waals surface area (Å²) in [6, 6.07) is 9.15. The van der Waals surface area contributed by atoms with E-state index in [2.05, 4.69) is 0 Å². The summed E-state index contributed by atoms with van der Waals surface area (Å²) in [7, 11) is -1.90. The van der Waals surface area contributed by atoms with Crippen molar-refractivity contribution in [3.05, 3.63) is 76.4 Å². The van der Waals surface area contributed by atoms with Gasteiger partial charge in [-0.15, -0.1) is 0 Å². The Labute approximate surface area is 235 Å². The topological polar surface area (TPSA) is 163 Å². The van der Waals surface area contributed by atoms with Crippen LogP contribution in [0.3, 0.4) is 0 Å². The van der Waals surface area contributed by atoms with E-state index in [1.54, 1.807) is 30.3 Å². The molecule has 13 nitrogen and oxygen atoms in total. The fraction of sp³-hybridized carbons (Fsp3) is 0.370. The van der Waals surface area contributed by atoms with Crippen LogP contribution in [0.15, 0.2) is 65.6 Å². The minimum Gasteiger partial charge on any atom is -0.497 e. The highest BCUT2D eigenvalue weighted by molar-refractivity contribution is 7.89. The van der Waals surface area contributed by atoms with E-state index in [1.807, 2.05) is 0 Å². The van der Waals surface area contributed by atoms with E-state index in [-0.39, 0.29) is 13.1 Å². The first-order valence-electron chi connectivity index (χ1n) is 12.7. The standard InChI is InChI=1S/C27H27N3O10S/c1-38-18-11-9-17(10-12-18)16-28-24(26(33)39-2)27(13-15-31)22(25(28)32)23-20(40-27)7-5-14-29(23)41(36,37)21-8-4-3-6-19(21)30(34)35/h3-12,15,20,22-24H,13-14,16H2,1-2H3/t20-,22+,23+,24-,27+/m1/s1. The number of carbonyl (C=O) groups is 3. The molecule has 0 bridgehead atoms. The maximum absolute atomic E-state index is 14.2. The summed E-state index contributed by atoms with van der Waals surface area (Å²) >= 11 is 0. The zero-order valence-corrected chi connectivity index (χ0v) is 22.9. The summed E-state index contributed by atoms with van der Waals surface area (Å²) in [5.41, 5.74) is -1.74. The number of carbonyl (C=O) groups excluding carboxylic acids is 3. The van der Waals surface area contributed by atoms with Crippen LogP contribution in [-0.4, -0.2) is 85.3 Å². The minimum atomic E-state index is -4.55. The van der Waals surface area contributed by atoms with Crippen LogP contribution < -0.4 is 4.74 Å². The molecular weight excluding hydrogens is 558 g/mol. The highest BCUT2D eigenvalue weighted by atomic mass is 32.2. The highest BCUT2D eigenvalue weighted by Gasteiger charge is 2.72. The van der Waals surface area contributed by atoms with Gasteiger partial charge >= 0.3 is 5.97 Å². The zero-order chi connectivity index (χ0) is 29.5. The number of amides is 1. The smallest absolute Gasteiger partial charge is 0.331 e. The fourth-order valence-electron chi connectivity index (χ4n) is 6.10. The molecule has 5 atom stereocenters. The van der Waals surface area contributed by atoms with Crippen molar-refractivity contribution in [3.63, 3.8) is 0 Å². The molecule has 0 unspecified atom stereocenters. The van der Waals surface area contributed by atoms with Crippen LogP contribution in [0.2, 0.25) is 0 Å². The molecule has 3 heterocycles. The van der Waals surface area contributed by atoms with E-state index >= 15 is 0 Å². The Bertz CT molecular complexity index is 1530. The van der Waals surface area contributed by atoms with Crippen LogP contribution in [0.25, 0.3) is 0 Å². The zero-order valence-electron chi connectivity index (χ0n) is 22.1. The molecule has 5 rings (SSSR count). The molecule has 3 aliphatic rings. The average molecular weight is 586 g/mol. The molecule has 2 aromatic rings. The first-order valence-corrected chi connectivity index (χ1v) is 14.1. The number of ether oxygens (including phenoxy) is 3. The number of aldehydes is 1. The van der Waals surface area contributed by atoms with Crippen molar-refractivity contribution in [3.8, 4) is 5.75 Å². The van der Waals surface area contributed by atoms with E-state index < -0.39 is 73.5 Å². The predicted molar refractivity (Wildman–Crippen MR) is 141 cm³/mol. The first kappa shape index (κ1) is 28.4. The van der Waals surface area contributed by atoms with E-state index in [9.17, 15) is 32.9 Å². The summed E-state index contributed by atoms with van der Waals surface area (Å²) in [4.78, 5) is 51.1. The van der Waals surface area contributed by atoms with Gasteiger partial charge in [-0.05, 0) is 23.8 Å². The fourth-order valence-corrected chi connectivity index (χ4v) is 7.86. The highest BCUT2D eigenvalue weighted by Crippen LogP contribution is 2.53. The maximum atomic E-state index is 14.2. The number of sulfonamides is 1. The Morgan fingerprint density at radius 2 is 1.90 bits per heavy atom. The minimum absolute atomic E-state index is 0.0623. The molecule has 0 radical (unpaired) electrons. The van der Waals surface area contributed by atoms with Gasteiger partial charge in [-0.2, -0.15) is 4.31 Å². The van der Waals surface area contributed by atoms with Gasteiger partial charge in [0, 0.05) is 25.6 Å². The Balaban J connectivity index is 1.62. The van der Waals surface area contributed by atoms with Crippen molar-refractivity contribution in [1.82, 2.24) is 9.21 Å². The Morgan fingerprint density at radius 3 is 2.54 bits per heavy atom. The van der Waals surface area contributed by atoms with Gasteiger partial charge in [0.1, 0.15) is 17.6 Å². The summed E-state index contributed by atoms with van der Waals surface area (Å²) in [6.45, 7) is -0.269. The second kappa shape index (κ2) is 10.7. The van der Waals surface area contributed by atoms with Crippen LogP contribution in [0.1, 0.15) is 12.0 Å². The maximum Gasteiger partial charge on any atom is 0.331 e.